The first-order valence-corrected chi connectivity index (χ1v) is 7.07. The van der Waals surface area contributed by atoms with Gasteiger partial charge in [0, 0.05) is 6.54 Å². The van der Waals surface area contributed by atoms with E-state index in [4.69, 9.17) is 0 Å². The van der Waals surface area contributed by atoms with Gasteiger partial charge in [-0.3, -0.25) is 9.59 Å². The van der Waals surface area contributed by atoms with Crippen LogP contribution in [0.25, 0.3) is 0 Å². The highest BCUT2D eigenvalue weighted by atomic mass is 19.1. The number of hydrogen-bond donors (Lipinski definition) is 2. The summed E-state index contributed by atoms with van der Waals surface area (Å²) in [4.78, 5) is 27.0. The number of halogens is 1. The van der Waals surface area contributed by atoms with E-state index in [9.17, 15) is 19.1 Å². The molecule has 0 spiro atoms. The van der Waals surface area contributed by atoms with Crippen molar-refractivity contribution in [2.75, 3.05) is 6.54 Å². The predicted octanol–water partition coefficient (Wildman–Crippen LogP) is 2.23. The molecule has 1 aliphatic carbocycles. The Kier molecular flexibility index (Phi) is 4.55. The fourth-order valence-corrected chi connectivity index (χ4v) is 2.66. The molecule has 0 aliphatic heterocycles. The summed E-state index contributed by atoms with van der Waals surface area (Å²) in [6, 6.07) is 3.94. The Morgan fingerprint density at radius 2 is 2.10 bits per heavy atom. The lowest BCUT2D eigenvalue weighted by atomic mass is 9.71. The van der Waals surface area contributed by atoms with Crippen LogP contribution in [0, 0.1) is 17.3 Å². The van der Waals surface area contributed by atoms with E-state index in [-0.39, 0.29) is 12.2 Å². The molecule has 1 aliphatic rings. The Bertz CT molecular complexity index is 539. The van der Waals surface area contributed by atoms with E-state index in [1.165, 1.54) is 12.1 Å². The molecule has 6 heteroatoms. The van der Waals surface area contributed by atoms with Crippen molar-refractivity contribution in [2.45, 2.75) is 32.6 Å². The van der Waals surface area contributed by atoms with Gasteiger partial charge >= 0.3 is 5.97 Å². The number of carbonyl (C=O) groups is 2. The molecule has 2 N–H and O–H groups in total. The summed E-state index contributed by atoms with van der Waals surface area (Å²) >= 11 is 0. The van der Waals surface area contributed by atoms with E-state index in [0.29, 0.717) is 18.8 Å². The first-order chi connectivity index (χ1) is 9.93. The molecule has 0 saturated heterocycles. The Morgan fingerprint density at radius 3 is 2.67 bits per heavy atom. The highest BCUT2D eigenvalue weighted by Gasteiger charge is 2.41. The molecule has 114 valence electrons. The molecule has 5 nitrogen and oxygen atoms in total. The monoisotopic (exact) mass is 294 g/mol. The minimum Gasteiger partial charge on any atom is -0.481 e. The number of carboxylic acid groups (broad SMARTS) is 1. The van der Waals surface area contributed by atoms with E-state index in [1.54, 1.807) is 0 Å². The molecule has 1 heterocycles. The Balaban J connectivity index is 2.02. The normalized spacial score (nSPS) is 25.3. The molecular formula is C15H19FN2O3. The van der Waals surface area contributed by atoms with Crippen LogP contribution in [0.3, 0.4) is 0 Å². The minimum atomic E-state index is -0.921. The first-order valence-electron chi connectivity index (χ1n) is 7.07. The highest BCUT2D eigenvalue weighted by Crippen LogP contribution is 2.38. The molecule has 1 aromatic heterocycles. The van der Waals surface area contributed by atoms with Gasteiger partial charge in [0.1, 0.15) is 5.69 Å². The van der Waals surface area contributed by atoms with Crippen LogP contribution in [-0.2, 0) is 4.79 Å². The molecule has 1 saturated carbocycles. The van der Waals surface area contributed by atoms with Crippen molar-refractivity contribution in [3.05, 3.63) is 29.8 Å². The van der Waals surface area contributed by atoms with Crippen LogP contribution in [0.5, 0.6) is 0 Å². The zero-order chi connectivity index (χ0) is 15.5. The number of aliphatic carboxylic acids is 1. The zero-order valence-electron chi connectivity index (χ0n) is 11.9. The molecule has 0 radical (unpaired) electrons. The Labute approximate surface area is 122 Å². The molecule has 0 bridgehead atoms. The Morgan fingerprint density at radius 1 is 1.43 bits per heavy atom. The summed E-state index contributed by atoms with van der Waals surface area (Å²) in [5, 5.41) is 12.1. The lowest BCUT2D eigenvalue weighted by Gasteiger charge is -2.35. The van der Waals surface area contributed by atoms with Gasteiger partial charge < -0.3 is 10.4 Å². The van der Waals surface area contributed by atoms with Crippen LogP contribution < -0.4 is 5.32 Å². The molecule has 2 rings (SSSR count). The fraction of sp³-hybridized carbons (Fsp3) is 0.533. The molecule has 0 atom stereocenters. The number of carboxylic acids is 1. The molecule has 1 fully saturated rings. The average molecular weight is 294 g/mol. The smallest absolute Gasteiger partial charge is 0.311 e. The summed E-state index contributed by atoms with van der Waals surface area (Å²) in [6.45, 7) is 2.15. The predicted molar refractivity (Wildman–Crippen MR) is 74.2 cm³/mol. The van der Waals surface area contributed by atoms with Crippen molar-refractivity contribution in [3.63, 3.8) is 0 Å². The third kappa shape index (κ3) is 3.56. The molecule has 1 amide bonds. The number of hydrogen-bond acceptors (Lipinski definition) is 3. The minimum absolute atomic E-state index is 0.0419. The van der Waals surface area contributed by atoms with Gasteiger partial charge in [-0.15, -0.1) is 0 Å². The van der Waals surface area contributed by atoms with Gasteiger partial charge in [0.25, 0.3) is 5.91 Å². The van der Waals surface area contributed by atoms with E-state index in [2.05, 4.69) is 17.2 Å². The van der Waals surface area contributed by atoms with E-state index < -0.39 is 23.2 Å². The third-order valence-electron chi connectivity index (χ3n) is 4.22. The highest BCUT2D eigenvalue weighted by molar-refractivity contribution is 5.92. The van der Waals surface area contributed by atoms with Crippen molar-refractivity contribution >= 4 is 11.9 Å². The standard InChI is InChI=1S/C15H19FN2O3/c1-10-5-7-15(8-6-10,14(20)21)9-17-13(19)11-3-2-4-12(16)18-11/h2-4,10H,5-9H2,1H3,(H,17,19)(H,20,21). The molecule has 0 unspecified atom stereocenters. The van der Waals surface area contributed by atoms with Gasteiger partial charge in [0.05, 0.1) is 5.41 Å². The maximum absolute atomic E-state index is 13.0. The van der Waals surface area contributed by atoms with Crippen LogP contribution in [0.15, 0.2) is 18.2 Å². The lowest BCUT2D eigenvalue weighted by Crippen LogP contribution is -2.45. The largest absolute Gasteiger partial charge is 0.481 e. The quantitative estimate of drug-likeness (QED) is 0.835. The third-order valence-corrected chi connectivity index (χ3v) is 4.22. The number of nitrogens with zero attached hydrogens (tertiary/aromatic N) is 1. The maximum atomic E-state index is 13.0. The fourth-order valence-electron chi connectivity index (χ4n) is 2.66. The van der Waals surface area contributed by atoms with Gasteiger partial charge in [-0.25, -0.2) is 4.98 Å². The van der Waals surface area contributed by atoms with Crippen molar-refractivity contribution in [3.8, 4) is 0 Å². The van der Waals surface area contributed by atoms with Crippen LogP contribution >= 0.6 is 0 Å². The van der Waals surface area contributed by atoms with E-state index in [1.807, 2.05) is 0 Å². The van der Waals surface area contributed by atoms with Crippen molar-refractivity contribution in [2.24, 2.45) is 11.3 Å². The summed E-state index contributed by atoms with van der Waals surface area (Å²) in [7, 11) is 0. The molecule has 21 heavy (non-hydrogen) atoms. The van der Waals surface area contributed by atoms with Gasteiger partial charge in [-0.05, 0) is 43.7 Å². The lowest BCUT2D eigenvalue weighted by molar-refractivity contribution is -0.151. The second kappa shape index (κ2) is 6.20. The number of amides is 1. The van der Waals surface area contributed by atoms with Gasteiger partial charge in [0.2, 0.25) is 5.95 Å². The SMILES string of the molecule is CC1CCC(CNC(=O)c2cccc(F)n2)(C(=O)O)CC1. The van der Waals surface area contributed by atoms with E-state index >= 15 is 0 Å². The average Bonchev–Trinajstić information content (AvgIpc) is 2.46. The van der Waals surface area contributed by atoms with E-state index in [0.717, 1.165) is 18.9 Å². The van der Waals surface area contributed by atoms with Crippen LogP contribution in [0.2, 0.25) is 0 Å². The zero-order valence-corrected chi connectivity index (χ0v) is 11.9. The molecule has 0 aromatic carbocycles. The summed E-state index contributed by atoms with van der Waals surface area (Å²) in [5.41, 5.74) is -0.963. The summed E-state index contributed by atoms with van der Waals surface area (Å²) in [6.07, 6.45) is 2.75. The van der Waals surface area contributed by atoms with Crippen LogP contribution in [0.4, 0.5) is 4.39 Å². The number of pyridine rings is 1. The van der Waals surface area contributed by atoms with Crippen molar-refractivity contribution in [1.29, 1.82) is 0 Å². The van der Waals surface area contributed by atoms with Crippen molar-refractivity contribution in [1.82, 2.24) is 10.3 Å². The number of aromatic nitrogens is 1. The van der Waals surface area contributed by atoms with Crippen LogP contribution in [-0.4, -0.2) is 28.5 Å². The second-order valence-corrected chi connectivity index (χ2v) is 5.80. The topological polar surface area (TPSA) is 79.3 Å². The van der Waals surface area contributed by atoms with Gasteiger partial charge in [-0.1, -0.05) is 13.0 Å². The van der Waals surface area contributed by atoms with Crippen LogP contribution in [0.1, 0.15) is 43.1 Å². The maximum Gasteiger partial charge on any atom is 0.311 e. The molecule has 1 aromatic rings. The summed E-state index contributed by atoms with van der Waals surface area (Å²) in [5.74, 6) is -1.66. The van der Waals surface area contributed by atoms with Gasteiger partial charge in [-0.2, -0.15) is 4.39 Å². The second-order valence-electron chi connectivity index (χ2n) is 5.80. The molecular weight excluding hydrogens is 275 g/mol. The van der Waals surface area contributed by atoms with Gasteiger partial charge in [0.15, 0.2) is 0 Å². The number of nitrogens with one attached hydrogen (secondary N) is 1. The van der Waals surface area contributed by atoms with Crippen molar-refractivity contribution < 1.29 is 19.1 Å². The number of rotatable bonds is 4. The summed E-state index contributed by atoms with van der Waals surface area (Å²) < 4.78 is 13.0. The number of carbonyl (C=O) groups excluding carboxylic acids is 1. The first kappa shape index (κ1) is 15.4. The Hall–Kier alpha value is -1.98.